The van der Waals surface area contributed by atoms with Crippen LogP contribution in [0.3, 0.4) is 0 Å². The van der Waals surface area contributed by atoms with Crippen molar-refractivity contribution in [2.45, 2.75) is 31.9 Å². The molecule has 2 aromatic rings. The summed E-state index contributed by atoms with van der Waals surface area (Å²) in [5.74, 6) is 1.92. The van der Waals surface area contributed by atoms with E-state index in [1.54, 1.807) is 14.2 Å². The van der Waals surface area contributed by atoms with Gasteiger partial charge in [0.25, 0.3) is 0 Å². The highest BCUT2D eigenvalue weighted by atomic mass is 79.9. The van der Waals surface area contributed by atoms with Gasteiger partial charge in [0.15, 0.2) is 0 Å². The van der Waals surface area contributed by atoms with Gasteiger partial charge in [-0.2, -0.15) is 0 Å². The second kappa shape index (κ2) is 11.5. The minimum atomic E-state index is 0. The lowest BCUT2D eigenvalue weighted by Crippen LogP contribution is -1.93. The summed E-state index contributed by atoms with van der Waals surface area (Å²) < 4.78 is 10.4. The first-order chi connectivity index (χ1) is 10.6. The van der Waals surface area contributed by atoms with Crippen molar-refractivity contribution < 1.29 is 9.47 Å². The Morgan fingerprint density at radius 2 is 1.39 bits per heavy atom. The van der Waals surface area contributed by atoms with Gasteiger partial charge in [0.1, 0.15) is 11.5 Å². The molecule has 23 heavy (non-hydrogen) atoms. The molecule has 0 aliphatic carbocycles. The number of halogens is 2. The van der Waals surface area contributed by atoms with Gasteiger partial charge in [-0.3, -0.25) is 0 Å². The molecule has 0 radical (unpaired) electrons. The molecule has 0 heterocycles. The number of alkyl halides is 2. The van der Waals surface area contributed by atoms with Crippen molar-refractivity contribution in [3.8, 4) is 11.5 Å². The van der Waals surface area contributed by atoms with E-state index in [0.29, 0.717) is 0 Å². The molecule has 0 aliphatic heterocycles. The van der Waals surface area contributed by atoms with E-state index in [1.807, 2.05) is 24.3 Å². The van der Waals surface area contributed by atoms with E-state index in [-0.39, 0.29) is 7.43 Å². The number of rotatable bonds is 4. The fraction of sp³-hybridized carbons (Fsp3) is 0.368. The van der Waals surface area contributed by atoms with E-state index in [4.69, 9.17) is 9.47 Å². The Kier molecular flexibility index (Phi) is 11.0. The summed E-state index contributed by atoms with van der Waals surface area (Å²) in [6, 6.07) is 12.1. The van der Waals surface area contributed by atoms with Gasteiger partial charge in [0, 0.05) is 16.2 Å². The SMILES string of the molecule is C.COc1cccc(C)c1C.COc1cccc(CBr)c1CBr. The molecule has 128 valence electrons. The van der Waals surface area contributed by atoms with E-state index >= 15 is 0 Å². The molecule has 0 bridgehead atoms. The molecular formula is C19H26Br2O2. The van der Waals surface area contributed by atoms with Crippen molar-refractivity contribution >= 4 is 31.9 Å². The maximum Gasteiger partial charge on any atom is 0.123 e. The summed E-state index contributed by atoms with van der Waals surface area (Å²) in [4.78, 5) is 0. The number of hydrogen-bond acceptors (Lipinski definition) is 2. The first-order valence-corrected chi connectivity index (χ1v) is 9.20. The van der Waals surface area contributed by atoms with Crippen LogP contribution in [0.1, 0.15) is 29.7 Å². The van der Waals surface area contributed by atoms with Crippen LogP contribution in [0.4, 0.5) is 0 Å². The molecule has 0 aliphatic rings. The van der Waals surface area contributed by atoms with Crippen molar-refractivity contribution in [3.63, 3.8) is 0 Å². The predicted molar refractivity (Wildman–Crippen MR) is 107 cm³/mol. The highest BCUT2D eigenvalue weighted by molar-refractivity contribution is 9.09. The summed E-state index contributed by atoms with van der Waals surface area (Å²) in [5.41, 5.74) is 4.99. The summed E-state index contributed by atoms with van der Waals surface area (Å²) >= 11 is 6.88. The van der Waals surface area contributed by atoms with Gasteiger partial charge in [-0.25, -0.2) is 0 Å². The van der Waals surface area contributed by atoms with Crippen molar-refractivity contribution in [2.24, 2.45) is 0 Å². The molecule has 0 fully saturated rings. The van der Waals surface area contributed by atoms with Crippen LogP contribution in [0.2, 0.25) is 0 Å². The fourth-order valence-corrected chi connectivity index (χ4v) is 3.19. The predicted octanol–water partition coefficient (Wildman–Crippen LogP) is 6.43. The maximum absolute atomic E-state index is 5.23. The minimum absolute atomic E-state index is 0. The lowest BCUT2D eigenvalue weighted by molar-refractivity contribution is 0.411. The molecule has 0 saturated carbocycles. The first kappa shape index (κ1) is 22.0. The zero-order valence-electron chi connectivity index (χ0n) is 13.5. The number of benzene rings is 2. The number of ether oxygens (including phenoxy) is 2. The third-order valence-electron chi connectivity index (χ3n) is 3.50. The standard InChI is InChI=1S/C9H10Br2O.C9H12O.CH4/c1-12-9-4-2-3-7(5-10)8(9)6-11;1-7-5-4-6-9(10-3)8(7)2;/h2-4H,5-6H2,1H3;4-6H,1-3H3;1H4. The molecule has 0 saturated heterocycles. The molecule has 0 spiro atoms. The lowest BCUT2D eigenvalue weighted by atomic mass is 10.1. The van der Waals surface area contributed by atoms with Crippen LogP contribution in [-0.2, 0) is 10.7 Å². The van der Waals surface area contributed by atoms with E-state index in [9.17, 15) is 0 Å². The van der Waals surface area contributed by atoms with Gasteiger partial charge < -0.3 is 9.47 Å². The van der Waals surface area contributed by atoms with Crippen LogP contribution >= 0.6 is 31.9 Å². The highest BCUT2D eigenvalue weighted by Gasteiger charge is 2.05. The highest BCUT2D eigenvalue weighted by Crippen LogP contribution is 2.26. The van der Waals surface area contributed by atoms with E-state index < -0.39 is 0 Å². The van der Waals surface area contributed by atoms with Crippen molar-refractivity contribution in [1.29, 1.82) is 0 Å². The molecular weight excluding hydrogens is 420 g/mol. The maximum atomic E-state index is 5.23. The Morgan fingerprint density at radius 1 is 0.826 bits per heavy atom. The first-order valence-electron chi connectivity index (χ1n) is 6.95. The smallest absolute Gasteiger partial charge is 0.123 e. The Labute approximate surface area is 157 Å². The number of aryl methyl sites for hydroxylation is 1. The summed E-state index contributed by atoms with van der Waals surface area (Å²) in [6.45, 7) is 4.14. The van der Waals surface area contributed by atoms with Crippen molar-refractivity contribution in [3.05, 3.63) is 58.7 Å². The van der Waals surface area contributed by atoms with Gasteiger partial charge >= 0.3 is 0 Å². The van der Waals surface area contributed by atoms with Gasteiger partial charge in [0.05, 0.1) is 14.2 Å². The average molecular weight is 446 g/mol. The molecule has 0 amide bonds. The van der Waals surface area contributed by atoms with E-state index in [2.05, 4.69) is 57.8 Å². The lowest BCUT2D eigenvalue weighted by Gasteiger charge is -2.09. The zero-order chi connectivity index (χ0) is 16.5. The quantitative estimate of drug-likeness (QED) is 0.504. The Hall–Kier alpha value is -1.000. The van der Waals surface area contributed by atoms with Crippen LogP contribution in [0.25, 0.3) is 0 Å². The molecule has 0 N–H and O–H groups in total. The molecule has 0 unspecified atom stereocenters. The summed E-state index contributed by atoms with van der Waals surface area (Å²) in [6.07, 6.45) is 0. The van der Waals surface area contributed by atoms with Gasteiger partial charge in [-0.15, -0.1) is 0 Å². The van der Waals surface area contributed by atoms with Crippen LogP contribution in [-0.4, -0.2) is 14.2 Å². The Balaban J connectivity index is 0.000000409. The van der Waals surface area contributed by atoms with Gasteiger partial charge in [0.2, 0.25) is 0 Å². The second-order valence-corrected chi connectivity index (χ2v) is 5.89. The van der Waals surface area contributed by atoms with E-state index in [1.165, 1.54) is 22.3 Å². The molecule has 4 heteroatoms. The monoisotopic (exact) mass is 444 g/mol. The average Bonchev–Trinajstić information content (AvgIpc) is 2.56. The Morgan fingerprint density at radius 3 is 1.87 bits per heavy atom. The van der Waals surface area contributed by atoms with Crippen LogP contribution in [0.5, 0.6) is 11.5 Å². The molecule has 0 atom stereocenters. The number of hydrogen-bond donors (Lipinski definition) is 0. The third-order valence-corrected chi connectivity index (χ3v) is 4.67. The minimum Gasteiger partial charge on any atom is -0.496 e. The van der Waals surface area contributed by atoms with Crippen LogP contribution < -0.4 is 9.47 Å². The topological polar surface area (TPSA) is 18.5 Å². The molecule has 2 aromatic carbocycles. The number of methoxy groups -OCH3 is 2. The van der Waals surface area contributed by atoms with Crippen molar-refractivity contribution in [2.75, 3.05) is 14.2 Å². The third kappa shape index (κ3) is 6.19. The normalized spacial score (nSPS) is 9.30. The van der Waals surface area contributed by atoms with Gasteiger partial charge in [-0.05, 0) is 42.7 Å². The van der Waals surface area contributed by atoms with Crippen LogP contribution in [0.15, 0.2) is 36.4 Å². The van der Waals surface area contributed by atoms with Crippen LogP contribution in [0, 0.1) is 13.8 Å². The zero-order valence-corrected chi connectivity index (χ0v) is 16.6. The summed E-state index contributed by atoms with van der Waals surface area (Å²) in [5, 5.41) is 1.70. The van der Waals surface area contributed by atoms with Gasteiger partial charge in [-0.1, -0.05) is 63.6 Å². The Bertz CT molecular complexity index is 576. The van der Waals surface area contributed by atoms with E-state index in [0.717, 1.165) is 22.2 Å². The van der Waals surface area contributed by atoms with Crippen molar-refractivity contribution in [1.82, 2.24) is 0 Å². The largest absolute Gasteiger partial charge is 0.496 e. The fourth-order valence-electron chi connectivity index (χ4n) is 2.02. The molecule has 2 nitrogen and oxygen atoms in total. The molecule has 0 aromatic heterocycles. The summed E-state index contributed by atoms with van der Waals surface area (Å²) in [7, 11) is 3.39. The second-order valence-electron chi connectivity index (χ2n) is 4.77. The molecule has 2 rings (SSSR count).